The van der Waals surface area contributed by atoms with E-state index in [0.29, 0.717) is 28.8 Å². The summed E-state index contributed by atoms with van der Waals surface area (Å²) < 4.78 is 36.2. The summed E-state index contributed by atoms with van der Waals surface area (Å²) in [5, 5.41) is 8.03. The minimum atomic E-state index is -3.64. The molecule has 0 aliphatic heterocycles. The van der Waals surface area contributed by atoms with E-state index in [1.54, 1.807) is 34.3 Å². The van der Waals surface area contributed by atoms with Gasteiger partial charge in [-0.25, -0.2) is 13.4 Å². The van der Waals surface area contributed by atoms with E-state index in [1.165, 1.54) is 23.5 Å². The third-order valence-electron chi connectivity index (χ3n) is 6.85. The number of nitrogens with one attached hydrogen (secondary N) is 1. The summed E-state index contributed by atoms with van der Waals surface area (Å²) in [5.74, 6) is 0.827. The van der Waals surface area contributed by atoms with E-state index >= 15 is 0 Å². The molecule has 2 heterocycles. The second kappa shape index (κ2) is 10.8. The molecule has 1 fully saturated rings. The molecule has 2 aromatic carbocycles. The summed E-state index contributed by atoms with van der Waals surface area (Å²) in [6, 6.07) is 13.6. The first-order valence-corrected chi connectivity index (χ1v) is 15.0. The fourth-order valence-electron chi connectivity index (χ4n) is 4.94. The summed E-state index contributed by atoms with van der Waals surface area (Å²) in [6.45, 7) is 4.14. The minimum absolute atomic E-state index is 0.0360. The van der Waals surface area contributed by atoms with E-state index in [9.17, 15) is 13.2 Å². The van der Waals surface area contributed by atoms with Gasteiger partial charge >= 0.3 is 0 Å². The maximum Gasteiger partial charge on any atom is 0.256 e. The Morgan fingerprint density at radius 1 is 1.13 bits per heavy atom. The number of methoxy groups -OCH3 is 1. The van der Waals surface area contributed by atoms with Crippen LogP contribution in [0.4, 0.5) is 5.82 Å². The van der Waals surface area contributed by atoms with Crippen molar-refractivity contribution in [3.63, 3.8) is 0 Å². The summed E-state index contributed by atoms with van der Waals surface area (Å²) >= 11 is 1.45. The first kappa shape index (κ1) is 26.3. The Kier molecular flexibility index (Phi) is 7.51. The molecule has 4 aromatic rings. The van der Waals surface area contributed by atoms with E-state index < -0.39 is 10.0 Å². The zero-order valence-electron chi connectivity index (χ0n) is 21.7. The lowest BCUT2D eigenvalue weighted by molar-refractivity contribution is 0.102. The number of sulfonamides is 1. The molecule has 11 heteroatoms. The van der Waals surface area contributed by atoms with Crippen LogP contribution in [0.2, 0.25) is 0 Å². The second-order valence-electron chi connectivity index (χ2n) is 9.39. The van der Waals surface area contributed by atoms with Crippen LogP contribution in [0.25, 0.3) is 15.3 Å². The number of hydrogen-bond donors (Lipinski definition) is 1. The highest BCUT2D eigenvalue weighted by Crippen LogP contribution is 2.30. The Labute approximate surface area is 226 Å². The molecule has 0 spiro atoms. The molecule has 2 aromatic heterocycles. The maximum atomic E-state index is 13.4. The van der Waals surface area contributed by atoms with Crippen LogP contribution < -0.4 is 10.1 Å². The van der Waals surface area contributed by atoms with Gasteiger partial charge in [0.05, 0.1) is 27.9 Å². The van der Waals surface area contributed by atoms with E-state index in [2.05, 4.69) is 15.4 Å². The van der Waals surface area contributed by atoms with Crippen molar-refractivity contribution in [1.29, 1.82) is 0 Å². The van der Waals surface area contributed by atoms with Crippen molar-refractivity contribution < 1.29 is 17.9 Å². The predicted molar refractivity (Wildman–Crippen MR) is 149 cm³/mol. The van der Waals surface area contributed by atoms with Gasteiger partial charge in [0.15, 0.2) is 0 Å². The van der Waals surface area contributed by atoms with Crippen molar-refractivity contribution in [2.75, 3.05) is 19.0 Å². The van der Waals surface area contributed by atoms with Gasteiger partial charge in [-0.3, -0.25) is 4.79 Å². The number of carbonyl (C=O) groups is 1. The monoisotopic (exact) mass is 553 g/mol. The molecule has 0 saturated heterocycles. The molecule has 1 N–H and O–H groups in total. The number of fused-ring (bicyclic) bond motifs is 1. The number of anilines is 1. The molecule has 200 valence electrons. The lowest BCUT2D eigenvalue weighted by Gasteiger charge is -2.32. The molecule has 38 heavy (non-hydrogen) atoms. The first-order chi connectivity index (χ1) is 18.3. The van der Waals surface area contributed by atoms with Crippen molar-refractivity contribution in [1.82, 2.24) is 19.1 Å². The smallest absolute Gasteiger partial charge is 0.256 e. The standard InChI is InChI=1S/C27H31N5O4S2/c1-4-31(20-8-6-5-7-9-20)38(34,35)22-13-10-19(11-14-22)26(33)29-25-16-18(2)30-32(25)27-28-23-17-21(36-3)12-15-24(23)37-27/h10-17,20H,4-9H2,1-3H3,(H,29,33). The Hall–Kier alpha value is -3.28. The number of benzene rings is 2. The highest BCUT2D eigenvalue weighted by Gasteiger charge is 2.31. The molecule has 9 nitrogen and oxygen atoms in total. The van der Waals surface area contributed by atoms with Crippen molar-refractivity contribution in [2.45, 2.75) is 56.9 Å². The van der Waals surface area contributed by atoms with Crippen molar-refractivity contribution in [3.8, 4) is 10.9 Å². The van der Waals surface area contributed by atoms with Gasteiger partial charge in [0.2, 0.25) is 15.2 Å². The van der Waals surface area contributed by atoms with Crippen LogP contribution >= 0.6 is 11.3 Å². The Morgan fingerprint density at radius 3 is 2.55 bits per heavy atom. The van der Waals surface area contributed by atoms with Crippen LogP contribution in [0.15, 0.2) is 53.4 Å². The Bertz CT molecular complexity index is 1550. The quantitative estimate of drug-likeness (QED) is 0.313. The summed E-state index contributed by atoms with van der Waals surface area (Å²) in [7, 11) is -2.03. The first-order valence-electron chi connectivity index (χ1n) is 12.7. The number of rotatable bonds is 8. The third-order valence-corrected chi connectivity index (χ3v) is 9.91. The molecule has 1 aliphatic rings. The van der Waals surface area contributed by atoms with Gasteiger partial charge in [-0.1, -0.05) is 37.5 Å². The molecule has 0 atom stereocenters. The normalized spacial score (nSPS) is 14.7. The lowest BCUT2D eigenvalue weighted by atomic mass is 9.95. The van der Waals surface area contributed by atoms with Gasteiger partial charge < -0.3 is 10.1 Å². The molecular weight excluding hydrogens is 522 g/mol. The number of amides is 1. The van der Waals surface area contributed by atoms with Crippen molar-refractivity contribution in [2.24, 2.45) is 0 Å². The highest BCUT2D eigenvalue weighted by molar-refractivity contribution is 7.89. The van der Waals surface area contributed by atoms with Crippen LogP contribution in [-0.2, 0) is 10.0 Å². The predicted octanol–water partition coefficient (Wildman–Crippen LogP) is 5.39. The zero-order chi connectivity index (χ0) is 26.9. The van der Waals surface area contributed by atoms with E-state index in [1.807, 2.05) is 32.0 Å². The van der Waals surface area contributed by atoms with Crippen LogP contribution in [-0.4, -0.2) is 53.1 Å². The minimum Gasteiger partial charge on any atom is -0.497 e. The molecule has 1 saturated carbocycles. The van der Waals surface area contributed by atoms with Gasteiger partial charge in [-0.2, -0.15) is 14.1 Å². The van der Waals surface area contributed by atoms with E-state index in [0.717, 1.165) is 48.0 Å². The summed E-state index contributed by atoms with van der Waals surface area (Å²) in [4.78, 5) is 18.0. The van der Waals surface area contributed by atoms with Crippen LogP contribution in [0.3, 0.4) is 0 Å². The maximum absolute atomic E-state index is 13.4. The molecule has 1 amide bonds. The lowest BCUT2D eigenvalue weighted by Crippen LogP contribution is -2.41. The van der Waals surface area contributed by atoms with Gasteiger partial charge in [-0.05, 0) is 56.2 Å². The van der Waals surface area contributed by atoms with Gasteiger partial charge in [0, 0.05) is 30.3 Å². The summed E-state index contributed by atoms with van der Waals surface area (Å²) in [5.41, 5.74) is 1.85. The van der Waals surface area contributed by atoms with Crippen LogP contribution in [0.1, 0.15) is 55.1 Å². The summed E-state index contributed by atoms with van der Waals surface area (Å²) in [6.07, 6.45) is 5.05. The molecular formula is C27H31N5O4S2. The largest absolute Gasteiger partial charge is 0.497 e. The number of aromatic nitrogens is 3. The average molecular weight is 554 g/mol. The zero-order valence-corrected chi connectivity index (χ0v) is 23.3. The fraction of sp³-hybridized carbons (Fsp3) is 0.370. The number of carbonyl (C=O) groups excluding carboxylic acids is 1. The average Bonchev–Trinajstić information content (AvgIpc) is 3.51. The van der Waals surface area contributed by atoms with Gasteiger partial charge in [0.1, 0.15) is 11.6 Å². The number of thiazole rings is 1. The third kappa shape index (κ3) is 5.18. The molecule has 1 aliphatic carbocycles. The van der Waals surface area contributed by atoms with Crippen molar-refractivity contribution >= 4 is 43.3 Å². The number of ether oxygens (including phenoxy) is 1. The second-order valence-corrected chi connectivity index (χ2v) is 12.3. The fourth-order valence-corrected chi connectivity index (χ4v) is 7.55. The molecule has 0 bridgehead atoms. The van der Waals surface area contributed by atoms with Crippen molar-refractivity contribution in [3.05, 3.63) is 59.8 Å². The highest BCUT2D eigenvalue weighted by atomic mass is 32.2. The Balaban J connectivity index is 1.36. The number of aryl methyl sites for hydroxylation is 1. The van der Waals surface area contributed by atoms with Gasteiger partial charge in [0.25, 0.3) is 5.91 Å². The topological polar surface area (TPSA) is 106 Å². The number of nitrogens with zero attached hydrogens (tertiary/aromatic N) is 4. The Morgan fingerprint density at radius 2 is 1.87 bits per heavy atom. The van der Waals surface area contributed by atoms with Crippen LogP contribution in [0.5, 0.6) is 5.75 Å². The number of hydrogen-bond acceptors (Lipinski definition) is 7. The molecule has 5 rings (SSSR count). The van der Waals surface area contributed by atoms with E-state index in [4.69, 9.17) is 4.74 Å². The van der Waals surface area contributed by atoms with Gasteiger partial charge in [-0.15, -0.1) is 0 Å². The van der Waals surface area contributed by atoms with Crippen LogP contribution in [0, 0.1) is 6.92 Å². The molecule has 0 unspecified atom stereocenters. The molecule has 0 radical (unpaired) electrons. The SMILES string of the molecule is CCN(C1CCCCC1)S(=O)(=O)c1ccc(C(=O)Nc2cc(C)nn2-c2nc3cc(OC)ccc3s2)cc1. The van der Waals surface area contributed by atoms with E-state index in [-0.39, 0.29) is 16.8 Å².